The Bertz CT molecular complexity index is 331. The van der Waals surface area contributed by atoms with Gasteiger partial charge in [0.05, 0.1) is 6.10 Å². The van der Waals surface area contributed by atoms with Crippen molar-refractivity contribution in [3.63, 3.8) is 0 Å². The van der Waals surface area contributed by atoms with Crippen molar-refractivity contribution in [2.45, 2.75) is 33.8 Å². The van der Waals surface area contributed by atoms with Crippen molar-refractivity contribution in [1.82, 2.24) is 0 Å². The molecule has 1 aliphatic carbocycles. The van der Waals surface area contributed by atoms with Crippen molar-refractivity contribution >= 4 is 22.8 Å². The molecule has 0 heterocycles. The van der Waals surface area contributed by atoms with Gasteiger partial charge in [0, 0.05) is 12.0 Å². The molecule has 16 heavy (non-hydrogen) atoms. The van der Waals surface area contributed by atoms with E-state index in [0.29, 0.717) is 0 Å². The van der Waals surface area contributed by atoms with E-state index in [0.717, 1.165) is 0 Å². The molecule has 0 aromatic rings. The second-order valence-corrected chi connectivity index (χ2v) is 5.35. The number of halogens is 1. The first-order valence-corrected chi connectivity index (χ1v) is 5.72. The Balaban J connectivity index is 2.54. The molecule has 2 atom stereocenters. The lowest BCUT2D eigenvalue weighted by atomic mass is 10.1. The van der Waals surface area contributed by atoms with Gasteiger partial charge in [-0.3, -0.25) is 4.79 Å². The summed E-state index contributed by atoms with van der Waals surface area (Å²) in [6, 6.07) is 0. The van der Waals surface area contributed by atoms with E-state index < -0.39 is 0 Å². The molecule has 1 rings (SSSR count). The number of hydrogen-bond donors (Lipinski definition) is 0. The van der Waals surface area contributed by atoms with Gasteiger partial charge in [-0.15, -0.1) is 0 Å². The van der Waals surface area contributed by atoms with Gasteiger partial charge in [0.15, 0.2) is 0 Å². The van der Waals surface area contributed by atoms with E-state index >= 15 is 0 Å². The molecular formula is C12H17ClO3. The van der Waals surface area contributed by atoms with E-state index in [1.165, 1.54) is 6.08 Å². The standard InChI is InChI=1S/C12H17ClO3/c1-7(2)16-9(14)6-5-8-10(11(13)15)12(8,3)4/h5-8,10H,1-4H3/b6-5+. The third-order valence-electron chi connectivity index (χ3n) is 2.95. The van der Waals surface area contributed by atoms with Gasteiger partial charge in [-0.05, 0) is 36.8 Å². The average molecular weight is 245 g/mol. The highest BCUT2D eigenvalue weighted by Crippen LogP contribution is 2.59. The Morgan fingerprint density at radius 2 is 1.94 bits per heavy atom. The summed E-state index contributed by atoms with van der Waals surface area (Å²) in [6.45, 7) is 7.50. The molecule has 0 saturated heterocycles. The lowest BCUT2D eigenvalue weighted by molar-refractivity contribution is -0.141. The van der Waals surface area contributed by atoms with Gasteiger partial charge in [-0.2, -0.15) is 0 Å². The van der Waals surface area contributed by atoms with Crippen LogP contribution in [-0.4, -0.2) is 17.3 Å². The van der Waals surface area contributed by atoms with Gasteiger partial charge in [0.1, 0.15) is 0 Å². The Kier molecular flexibility index (Phi) is 3.79. The number of ether oxygens (including phenoxy) is 1. The molecule has 1 aliphatic rings. The normalized spacial score (nSPS) is 27.1. The summed E-state index contributed by atoms with van der Waals surface area (Å²) in [7, 11) is 0. The molecule has 4 heteroatoms. The van der Waals surface area contributed by atoms with Gasteiger partial charge in [-0.1, -0.05) is 19.9 Å². The van der Waals surface area contributed by atoms with Gasteiger partial charge in [-0.25, -0.2) is 4.79 Å². The Hall–Kier alpha value is -0.830. The minimum atomic E-state index is -0.376. The number of esters is 1. The number of hydrogen-bond acceptors (Lipinski definition) is 3. The zero-order chi connectivity index (χ0) is 12.5. The van der Waals surface area contributed by atoms with Crippen LogP contribution in [0.4, 0.5) is 0 Å². The highest BCUT2D eigenvalue weighted by molar-refractivity contribution is 6.64. The van der Waals surface area contributed by atoms with Crippen LogP contribution in [0.25, 0.3) is 0 Å². The van der Waals surface area contributed by atoms with E-state index in [4.69, 9.17) is 16.3 Å². The van der Waals surface area contributed by atoms with Crippen LogP contribution in [-0.2, 0) is 14.3 Å². The van der Waals surface area contributed by atoms with Gasteiger partial charge in [0.25, 0.3) is 0 Å². The maximum Gasteiger partial charge on any atom is 0.330 e. The average Bonchev–Trinajstić information content (AvgIpc) is 2.63. The highest BCUT2D eigenvalue weighted by Gasteiger charge is 2.59. The molecule has 0 aromatic heterocycles. The summed E-state index contributed by atoms with van der Waals surface area (Å²) in [5, 5.41) is -0.336. The van der Waals surface area contributed by atoms with Crippen molar-refractivity contribution in [3.05, 3.63) is 12.2 Å². The maximum absolute atomic E-state index is 11.2. The van der Waals surface area contributed by atoms with Crippen molar-refractivity contribution in [1.29, 1.82) is 0 Å². The van der Waals surface area contributed by atoms with E-state index in [2.05, 4.69) is 0 Å². The summed E-state index contributed by atoms with van der Waals surface area (Å²) in [5.74, 6) is -0.520. The molecule has 0 N–H and O–H groups in total. The fraction of sp³-hybridized carbons (Fsp3) is 0.667. The van der Waals surface area contributed by atoms with E-state index in [1.807, 2.05) is 13.8 Å². The van der Waals surface area contributed by atoms with E-state index in [1.54, 1.807) is 19.9 Å². The van der Waals surface area contributed by atoms with Crippen LogP contribution < -0.4 is 0 Å². The smallest absolute Gasteiger partial charge is 0.330 e. The van der Waals surface area contributed by atoms with E-state index in [9.17, 15) is 9.59 Å². The van der Waals surface area contributed by atoms with Crippen molar-refractivity contribution in [2.24, 2.45) is 17.3 Å². The zero-order valence-electron chi connectivity index (χ0n) is 9.99. The lowest BCUT2D eigenvalue weighted by Crippen LogP contribution is -2.08. The van der Waals surface area contributed by atoms with Crippen LogP contribution >= 0.6 is 11.6 Å². The van der Waals surface area contributed by atoms with Crippen molar-refractivity contribution in [3.8, 4) is 0 Å². The first kappa shape index (κ1) is 13.2. The van der Waals surface area contributed by atoms with E-state index in [-0.39, 0.29) is 34.6 Å². The zero-order valence-corrected chi connectivity index (χ0v) is 10.7. The van der Waals surface area contributed by atoms with Gasteiger partial charge >= 0.3 is 5.97 Å². The maximum atomic E-state index is 11.2. The predicted molar refractivity (Wildman–Crippen MR) is 62.0 cm³/mol. The minimum Gasteiger partial charge on any atom is -0.460 e. The van der Waals surface area contributed by atoms with Crippen LogP contribution in [0.5, 0.6) is 0 Å². The minimum absolute atomic E-state index is 0.0391. The van der Waals surface area contributed by atoms with Crippen molar-refractivity contribution < 1.29 is 14.3 Å². The second kappa shape index (κ2) is 4.58. The third-order valence-corrected chi connectivity index (χ3v) is 3.18. The van der Waals surface area contributed by atoms with Crippen molar-refractivity contribution in [2.75, 3.05) is 0 Å². The first-order chi connectivity index (χ1) is 7.26. The number of carbonyl (C=O) groups excluding carboxylic acids is 2. The quantitative estimate of drug-likeness (QED) is 0.434. The second-order valence-electron chi connectivity index (χ2n) is 4.97. The molecule has 3 nitrogen and oxygen atoms in total. The molecule has 0 aliphatic heterocycles. The fourth-order valence-electron chi connectivity index (χ4n) is 1.92. The Morgan fingerprint density at radius 1 is 1.38 bits per heavy atom. The molecule has 0 spiro atoms. The molecule has 0 radical (unpaired) electrons. The molecular weight excluding hydrogens is 228 g/mol. The lowest BCUT2D eigenvalue weighted by Gasteiger charge is -2.03. The number of carbonyl (C=O) groups is 2. The number of rotatable bonds is 4. The summed E-state index contributed by atoms with van der Waals surface area (Å²) < 4.78 is 4.95. The molecule has 2 unspecified atom stereocenters. The van der Waals surface area contributed by atoms with Crippen LogP contribution in [0.3, 0.4) is 0 Å². The SMILES string of the molecule is CC(C)OC(=O)/C=C/C1C(C(=O)Cl)C1(C)C. The summed E-state index contributed by atoms with van der Waals surface area (Å²) in [5.41, 5.74) is -0.145. The molecule has 1 saturated carbocycles. The summed E-state index contributed by atoms with van der Waals surface area (Å²) in [6.07, 6.45) is 2.97. The molecule has 1 fully saturated rings. The first-order valence-electron chi connectivity index (χ1n) is 5.35. The topological polar surface area (TPSA) is 43.4 Å². The Morgan fingerprint density at radius 3 is 2.31 bits per heavy atom. The highest BCUT2D eigenvalue weighted by atomic mass is 35.5. The third kappa shape index (κ3) is 2.85. The van der Waals surface area contributed by atoms with Gasteiger partial charge < -0.3 is 4.74 Å². The fourth-order valence-corrected chi connectivity index (χ4v) is 2.34. The molecule has 0 bridgehead atoms. The summed E-state index contributed by atoms with van der Waals surface area (Å²) >= 11 is 5.47. The monoisotopic (exact) mass is 244 g/mol. The predicted octanol–water partition coefficient (Wildman–Crippen LogP) is 2.53. The molecule has 0 amide bonds. The largest absolute Gasteiger partial charge is 0.460 e. The van der Waals surface area contributed by atoms with Crippen LogP contribution in [0, 0.1) is 17.3 Å². The Labute approximate surface area is 101 Å². The molecule has 90 valence electrons. The van der Waals surface area contributed by atoms with Crippen LogP contribution in [0.15, 0.2) is 12.2 Å². The van der Waals surface area contributed by atoms with Crippen LogP contribution in [0.1, 0.15) is 27.7 Å². The van der Waals surface area contributed by atoms with Gasteiger partial charge in [0.2, 0.25) is 5.24 Å². The summed E-state index contributed by atoms with van der Waals surface area (Å²) in [4.78, 5) is 22.3. The number of allylic oxidation sites excluding steroid dienone is 1. The van der Waals surface area contributed by atoms with Crippen LogP contribution in [0.2, 0.25) is 0 Å². The molecule has 0 aromatic carbocycles.